The van der Waals surface area contributed by atoms with Gasteiger partial charge in [-0.1, -0.05) is 18.2 Å². The molecule has 0 bridgehead atoms. The minimum atomic E-state index is -1.52. The maximum absolute atomic E-state index is 11.9. The number of carbonyl (C=O) groups excluding carboxylic acids is 1. The van der Waals surface area contributed by atoms with E-state index in [0.717, 1.165) is 5.56 Å². The van der Waals surface area contributed by atoms with Crippen molar-refractivity contribution in [1.82, 2.24) is 0 Å². The fourth-order valence-corrected chi connectivity index (χ4v) is 2.94. The third-order valence-electron chi connectivity index (χ3n) is 3.98. The van der Waals surface area contributed by atoms with Crippen molar-refractivity contribution in [3.05, 3.63) is 41.7 Å². The number of para-hydroxylation sites is 1. The van der Waals surface area contributed by atoms with Crippen LogP contribution in [-0.4, -0.2) is 36.5 Å². The average Bonchev–Trinajstić information content (AvgIpc) is 2.44. The molecule has 1 N–H and O–H groups in total. The second-order valence-corrected chi connectivity index (χ2v) is 5.06. The van der Waals surface area contributed by atoms with Crippen molar-refractivity contribution in [3.8, 4) is 5.75 Å². The minimum absolute atomic E-state index is 0.0544. The van der Waals surface area contributed by atoms with Crippen molar-refractivity contribution in [1.29, 1.82) is 0 Å². The van der Waals surface area contributed by atoms with Crippen molar-refractivity contribution in [2.24, 2.45) is 0 Å². The maximum atomic E-state index is 11.9. The van der Waals surface area contributed by atoms with E-state index in [2.05, 4.69) is 0 Å². The van der Waals surface area contributed by atoms with Gasteiger partial charge in [-0.3, -0.25) is 4.79 Å². The van der Waals surface area contributed by atoms with E-state index < -0.39 is 11.4 Å². The molecular formula is C15H16O5. The fraction of sp³-hybridized carbons (Fsp3) is 0.400. The van der Waals surface area contributed by atoms with E-state index in [1.807, 2.05) is 18.2 Å². The fourth-order valence-electron chi connectivity index (χ4n) is 2.94. The Morgan fingerprint density at radius 1 is 1.25 bits per heavy atom. The topological polar surface area (TPSA) is 65.0 Å². The highest BCUT2D eigenvalue weighted by molar-refractivity contribution is 5.92. The summed E-state index contributed by atoms with van der Waals surface area (Å²) in [5.74, 6) is -0.861. The third-order valence-corrected chi connectivity index (χ3v) is 3.98. The van der Waals surface area contributed by atoms with Gasteiger partial charge < -0.3 is 19.3 Å². The number of allylic oxidation sites excluding steroid dienone is 1. The molecule has 0 amide bonds. The first-order valence-corrected chi connectivity index (χ1v) is 6.38. The molecule has 0 saturated heterocycles. The molecule has 2 aliphatic rings. The Kier molecular flexibility index (Phi) is 2.84. The summed E-state index contributed by atoms with van der Waals surface area (Å²) in [6, 6.07) is 7.38. The quantitative estimate of drug-likeness (QED) is 0.879. The van der Waals surface area contributed by atoms with Crippen molar-refractivity contribution in [2.75, 3.05) is 14.2 Å². The molecule has 1 heterocycles. The van der Waals surface area contributed by atoms with E-state index in [0.29, 0.717) is 5.75 Å². The van der Waals surface area contributed by atoms with Gasteiger partial charge in [0.15, 0.2) is 11.4 Å². The molecule has 0 unspecified atom stereocenters. The molecule has 0 fully saturated rings. The van der Waals surface area contributed by atoms with Gasteiger partial charge in [-0.15, -0.1) is 0 Å². The van der Waals surface area contributed by atoms with Crippen LogP contribution in [-0.2, 0) is 20.7 Å². The van der Waals surface area contributed by atoms with Crippen LogP contribution in [0.2, 0.25) is 0 Å². The average molecular weight is 276 g/mol. The first-order valence-electron chi connectivity index (χ1n) is 6.38. The van der Waals surface area contributed by atoms with Gasteiger partial charge in [-0.25, -0.2) is 0 Å². The summed E-state index contributed by atoms with van der Waals surface area (Å²) in [7, 11) is 2.84. The second kappa shape index (κ2) is 4.33. The number of hydrogen-bond acceptors (Lipinski definition) is 5. The number of hydrogen-bond donors (Lipinski definition) is 1. The van der Waals surface area contributed by atoms with Crippen LogP contribution < -0.4 is 4.74 Å². The van der Waals surface area contributed by atoms with Gasteiger partial charge in [-0.05, 0) is 11.6 Å². The molecule has 1 aliphatic carbocycles. The van der Waals surface area contributed by atoms with Crippen LogP contribution in [0.15, 0.2) is 36.1 Å². The van der Waals surface area contributed by atoms with Crippen LogP contribution >= 0.6 is 0 Å². The van der Waals surface area contributed by atoms with Crippen LogP contribution in [0.5, 0.6) is 5.75 Å². The molecule has 1 aromatic carbocycles. The minimum Gasteiger partial charge on any atom is -0.498 e. The lowest BCUT2D eigenvalue weighted by molar-refractivity contribution is -0.277. The lowest BCUT2D eigenvalue weighted by Crippen LogP contribution is -2.66. The molecule has 20 heavy (non-hydrogen) atoms. The molecule has 5 nitrogen and oxygen atoms in total. The monoisotopic (exact) mass is 276 g/mol. The van der Waals surface area contributed by atoms with Crippen molar-refractivity contribution in [3.63, 3.8) is 0 Å². The molecule has 5 heteroatoms. The highest BCUT2D eigenvalue weighted by Crippen LogP contribution is 2.48. The van der Waals surface area contributed by atoms with Gasteiger partial charge in [-0.2, -0.15) is 0 Å². The summed E-state index contributed by atoms with van der Waals surface area (Å²) in [5.41, 5.74) is -0.668. The Balaban J connectivity index is 2.18. The first-order chi connectivity index (χ1) is 9.54. The Labute approximate surface area is 116 Å². The van der Waals surface area contributed by atoms with Crippen LogP contribution in [0.25, 0.3) is 0 Å². The smallest absolute Gasteiger partial charge is 0.254 e. The first kappa shape index (κ1) is 13.1. The van der Waals surface area contributed by atoms with Gasteiger partial charge in [0.2, 0.25) is 0 Å². The molecule has 2 atom stereocenters. The predicted octanol–water partition coefficient (Wildman–Crippen LogP) is 1.20. The van der Waals surface area contributed by atoms with E-state index in [-0.39, 0.29) is 24.4 Å². The highest BCUT2D eigenvalue weighted by atomic mass is 16.7. The molecule has 0 spiro atoms. The van der Waals surface area contributed by atoms with Crippen LogP contribution in [0.4, 0.5) is 0 Å². The van der Waals surface area contributed by atoms with E-state index in [1.165, 1.54) is 20.3 Å². The highest BCUT2D eigenvalue weighted by Gasteiger charge is 2.62. The third kappa shape index (κ3) is 1.60. The summed E-state index contributed by atoms with van der Waals surface area (Å²) >= 11 is 0. The van der Waals surface area contributed by atoms with Crippen LogP contribution in [0, 0.1) is 0 Å². The summed E-state index contributed by atoms with van der Waals surface area (Å²) in [4.78, 5) is 11.9. The molecule has 1 aliphatic heterocycles. The standard InChI is InChI=1S/C15H16O5/c1-18-13-7-11(16)9-15(19-2)14(13,17)8-10-5-3-4-6-12(10)20-15/h3-7,17H,8-9H2,1-2H3/t14-,15-/m1/s1. The number of ketones is 1. The van der Waals surface area contributed by atoms with Crippen molar-refractivity contribution >= 4 is 5.78 Å². The number of fused-ring (bicyclic) bond motifs is 2. The van der Waals surface area contributed by atoms with E-state index in [4.69, 9.17) is 14.2 Å². The number of carbonyl (C=O) groups is 1. The number of rotatable bonds is 2. The second-order valence-electron chi connectivity index (χ2n) is 5.06. The maximum Gasteiger partial charge on any atom is 0.254 e. The Morgan fingerprint density at radius 3 is 2.70 bits per heavy atom. The van der Waals surface area contributed by atoms with Gasteiger partial charge in [0.25, 0.3) is 5.79 Å². The summed E-state index contributed by atoms with van der Waals surface area (Å²) < 4.78 is 16.5. The van der Waals surface area contributed by atoms with E-state index in [9.17, 15) is 9.90 Å². The number of benzene rings is 1. The Hall–Kier alpha value is -1.85. The molecule has 106 valence electrons. The van der Waals surface area contributed by atoms with Crippen molar-refractivity contribution in [2.45, 2.75) is 24.2 Å². The summed E-state index contributed by atoms with van der Waals surface area (Å²) in [6.07, 6.45) is 1.53. The lowest BCUT2D eigenvalue weighted by atomic mass is 9.75. The lowest BCUT2D eigenvalue weighted by Gasteiger charge is -2.50. The SMILES string of the molecule is COC1=CC(=O)C[C@@]2(OC)Oc3ccccc3C[C@@]12O. The number of aliphatic hydroxyl groups is 1. The largest absolute Gasteiger partial charge is 0.498 e. The van der Waals surface area contributed by atoms with Gasteiger partial charge in [0.05, 0.1) is 13.5 Å². The molecule has 1 aromatic rings. The van der Waals surface area contributed by atoms with E-state index >= 15 is 0 Å². The molecule has 0 saturated carbocycles. The Morgan fingerprint density at radius 2 is 2.00 bits per heavy atom. The summed E-state index contributed by atoms with van der Waals surface area (Å²) in [6.45, 7) is 0. The van der Waals surface area contributed by atoms with Crippen molar-refractivity contribution < 1.29 is 24.1 Å². The zero-order valence-electron chi connectivity index (χ0n) is 11.4. The van der Waals surface area contributed by atoms with Crippen LogP contribution in [0.3, 0.4) is 0 Å². The molecule has 0 aromatic heterocycles. The Bertz CT molecular complexity index is 594. The molecule has 0 radical (unpaired) electrons. The zero-order chi connectivity index (χ0) is 14.4. The number of methoxy groups -OCH3 is 2. The number of ether oxygens (including phenoxy) is 3. The molecular weight excluding hydrogens is 260 g/mol. The van der Waals surface area contributed by atoms with Gasteiger partial charge in [0.1, 0.15) is 11.5 Å². The molecule has 3 rings (SSSR count). The predicted molar refractivity (Wildman–Crippen MR) is 70.2 cm³/mol. The van der Waals surface area contributed by atoms with Gasteiger partial charge in [0, 0.05) is 19.6 Å². The summed E-state index contributed by atoms with van der Waals surface area (Å²) in [5, 5.41) is 11.1. The van der Waals surface area contributed by atoms with Gasteiger partial charge >= 0.3 is 0 Å². The van der Waals surface area contributed by atoms with E-state index in [1.54, 1.807) is 6.07 Å². The zero-order valence-corrected chi connectivity index (χ0v) is 11.4. The normalized spacial score (nSPS) is 31.8. The van der Waals surface area contributed by atoms with Crippen LogP contribution in [0.1, 0.15) is 12.0 Å².